The summed E-state index contributed by atoms with van der Waals surface area (Å²) in [5, 5.41) is 4.22. The third-order valence-corrected chi connectivity index (χ3v) is 4.29. The molecule has 1 fully saturated rings. The molecule has 0 bridgehead atoms. The highest BCUT2D eigenvalue weighted by Gasteiger charge is 2.18. The van der Waals surface area contributed by atoms with Crippen LogP contribution in [0.25, 0.3) is 0 Å². The summed E-state index contributed by atoms with van der Waals surface area (Å²) in [6.07, 6.45) is 3.67. The predicted molar refractivity (Wildman–Crippen MR) is 89.5 cm³/mol. The summed E-state index contributed by atoms with van der Waals surface area (Å²) in [6.45, 7) is 6.65. The third-order valence-electron chi connectivity index (χ3n) is 3.93. The highest BCUT2D eigenvalue weighted by molar-refractivity contribution is 7.80. The van der Waals surface area contributed by atoms with Crippen molar-refractivity contribution in [2.45, 2.75) is 26.2 Å². The number of piperazine rings is 1. The standard InChI is InChI=1S/C16H25N3S/c1-3-4-5-14-6-8-15(9-7-14)17-16(20)19-12-10-18(2)11-13-19/h6-9H,3-5,10-13H2,1-2H3,(H,17,20)/p+1. The van der Waals surface area contributed by atoms with Crippen molar-refractivity contribution in [1.29, 1.82) is 0 Å². The molecule has 0 aliphatic carbocycles. The molecule has 1 aliphatic heterocycles. The van der Waals surface area contributed by atoms with Crippen LogP contribution in [-0.4, -0.2) is 43.2 Å². The van der Waals surface area contributed by atoms with Gasteiger partial charge in [0.05, 0.1) is 33.2 Å². The molecule has 0 amide bonds. The van der Waals surface area contributed by atoms with Gasteiger partial charge in [-0.15, -0.1) is 0 Å². The average molecular weight is 292 g/mol. The quantitative estimate of drug-likeness (QED) is 0.822. The first-order valence-corrected chi connectivity index (χ1v) is 8.06. The first-order valence-electron chi connectivity index (χ1n) is 7.65. The molecule has 1 heterocycles. The van der Waals surface area contributed by atoms with E-state index in [0.717, 1.165) is 37.0 Å². The number of rotatable bonds is 4. The summed E-state index contributed by atoms with van der Waals surface area (Å²) in [5.74, 6) is 0. The van der Waals surface area contributed by atoms with Gasteiger partial charge < -0.3 is 15.1 Å². The highest BCUT2D eigenvalue weighted by Crippen LogP contribution is 2.12. The van der Waals surface area contributed by atoms with Gasteiger partial charge in [-0.25, -0.2) is 0 Å². The summed E-state index contributed by atoms with van der Waals surface area (Å²) in [6, 6.07) is 8.68. The Kier molecular flexibility index (Phi) is 5.80. The Labute approximate surface area is 128 Å². The minimum Gasteiger partial charge on any atom is -0.338 e. The molecule has 2 N–H and O–H groups in total. The molecular weight excluding hydrogens is 266 g/mol. The molecule has 110 valence electrons. The molecule has 2 rings (SSSR count). The van der Waals surface area contributed by atoms with Crippen LogP contribution in [0.1, 0.15) is 25.3 Å². The van der Waals surface area contributed by atoms with E-state index in [4.69, 9.17) is 12.2 Å². The van der Waals surface area contributed by atoms with Gasteiger partial charge in [0.25, 0.3) is 0 Å². The van der Waals surface area contributed by atoms with E-state index in [-0.39, 0.29) is 0 Å². The number of likely N-dealkylation sites (N-methyl/N-ethyl adjacent to an activating group) is 1. The Morgan fingerprint density at radius 2 is 1.90 bits per heavy atom. The molecule has 0 atom stereocenters. The van der Waals surface area contributed by atoms with E-state index in [0.29, 0.717) is 0 Å². The maximum absolute atomic E-state index is 5.50. The zero-order chi connectivity index (χ0) is 14.4. The number of anilines is 1. The molecule has 0 aromatic heterocycles. The van der Waals surface area contributed by atoms with Crippen molar-refractivity contribution in [3.8, 4) is 0 Å². The van der Waals surface area contributed by atoms with Crippen LogP contribution in [0.4, 0.5) is 5.69 Å². The van der Waals surface area contributed by atoms with E-state index >= 15 is 0 Å². The largest absolute Gasteiger partial charge is 0.338 e. The van der Waals surface area contributed by atoms with Gasteiger partial charge in [0.1, 0.15) is 0 Å². The molecule has 1 aromatic rings. The van der Waals surface area contributed by atoms with Crippen LogP contribution in [0, 0.1) is 0 Å². The monoisotopic (exact) mass is 292 g/mol. The maximum atomic E-state index is 5.50. The van der Waals surface area contributed by atoms with E-state index in [9.17, 15) is 0 Å². The molecule has 0 saturated carbocycles. The van der Waals surface area contributed by atoms with Crippen LogP contribution < -0.4 is 10.2 Å². The molecule has 1 aromatic carbocycles. The van der Waals surface area contributed by atoms with Gasteiger partial charge in [-0.1, -0.05) is 25.5 Å². The Morgan fingerprint density at radius 1 is 1.25 bits per heavy atom. The molecule has 3 nitrogen and oxygen atoms in total. The van der Waals surface area contributed by atoms with Gasteiger partial charge in [0.15, 0.2) is 5.11 Å². The third kappa shape index (κ3) is 4.46. The number of quaternary nitrogens is 1. The van der Waals surface area contributed by atoms with Crippen molar-refractivity contribution < 1.29 is 4.90 Å². The summed E-state index contributed by atoms with van der Waals surface area (Å²) >= 11 is 5.50. The number of unbranched alkanes of at least 4 members (excludes halogenated alkanes) is 1. The molecule has 0 spiro atoms. The molecule has 4 heteroatoms. The van der Waals surface area contributed by atoms with Gasteiger partial charge in [0.2, 0.25) is 0 Å². The Hall–Kier alpha value is -1.13. The van der Waals surface area contributed by atoms with Crippen molar-refractivity contribution in [2.75, 3.05) is 38.5 Å². The second-order valence-corrected chi connectivity index (χ2v) is 6.06. The Bertz CT molecular complexity index is 422. The normalized spacial score (nSPS) is 16.2. The first kappa shape index (κ1) is 15.3. The van der Waals surface area contributed by atoms with E-state index in [1.165, 1.54) is 24.8 Å². The molecular formula is C16H26N3S+. The second kappa shape index (κ2) is 7.60. The predicted octanol–water partition coefficient (Wildman–Crippen LogP) is 1.56. The average Bonchev–Trinajstić information content (AvgIpc) is 2.47. The van der Waals surface area contributed by atoms with Crippen LogP contribution in [0.2, 0.25) is 0 Å². The van der Waals surface area contributed by atoms with Crippen LogP contribution in [0.15, 0.2) is 24.3 Å². The van der Waals surface area contributed by atoms with Crippen molar-refractivity contribution in [3.63, 3.8) is 0 Å². The number of nitrogens with one attached hydrogen (secondary N) is 2. The van der Waals surface area contributed by atoms with Crippen LogP contribution in [-0.2, 0) is 6.42 Å². The van der Waals surface area contributed by atoms with Gasteiger partial charge in [-0.05, 0) is 42.8 Å². The summed E-state index contributed by atoms with van der Waals surface area (Å²) in [5.41, 5.74) is 2.51. The second-order valence-electron chi connectivity index (χ2n) is 5.67. The van der Waals surface area contributed by atoms with Crippen LogP contribution >= 0.6 is 12.2 Å². The fraction of sp³-hybridized carbons (Fsp3) is 0.562. The Morgan fingerprint density at radius 3 is 2.50 bits per heavy atom. The smallest absolute Gasteiger partial charge is 0.173 e. The Balaban J connectivity index is 1.84. The lowest BCUT2D eigenvalue weighted by Gasteiger charge is -2.32. The fourth-order valence-electron chi connectivity index (χ4n) is 2.43. The SMILES string of the molecule is CCCCc1ccc(NC(=S)N2CC[NH+](C)CC2)cc1. The zero-order valence-electron chi connectivity index (χ0n) is 12.6. The zero-order valence-corrected chi connectivity index (χ0v) is 13.4. The van der Waals surface area contributed by atoms with Crippen LogP contribution in [0.3, 0.4) is 0 Å². The molecule has 0 unspecified atom stereocenters. The number of nitrogens with zero attached hydrogens (tertiary/aromatic N) is 1. The number of hydrogen-bond acceptors (Lipinski definition) is 1. The van der Waals surface area contributed by atoms with Crippen molar-refractivity contribution in [2.24, 2.45) is 0 Å². The highest BCUT2D eigenvalue weighted by atomic mass is 32.1. The molecule has 1 aliphatic rings. The molecule has 1 saturated heterocycles. The maximum Gasteiger partial charge on any atom is 0.173 e. The van der Waals surface area contributed by atoms with E-state index < -0.39 is 0 Å². The fourth-order valence-corrected chi connectivity index (χ4v) is 2.73. The van der Waals surface area contributed by atoms with Crippen LogP contribution in [0.5, 0.6) is 0 Å². The summed E-state index contributed by atoms with van der Waals surface area (Å²) < 4.78 is 0. The van der Waals surface area contributed by atoms with Gasteiger partial charge in [-0.3, -0.25) is 0 Å². The first-order chi connectivity index (χ1) is 9.69. The lowest BCUT2D eigenvalue weighted by atomic mass is 10.1. The van der Waals surface area contributed by atoms with E-state index in [2.05, 4.69) is 48.5 Å². The summed E-state index contributed by atoms with van der Waals surface area (Å²) in [4.78, 5) is 3.86. The van der Waals surface area contributed by atoms with Gasteiger partial charge in [-0.2, -0.15) is 0 Å². The van der Waals surface area contributed by atoms with Gasteiger partial charge >= 0.3 is 0 Å². The van der Waals surface area contributed by atoms with E-state index in [1.54, 1.807) is 4.90 Å². The van der Waals surface area contributed by atoms with Gasteiger partial charge in [0, 0.05) is 5.69 Å². The lowest BCUT2D eigenvalue weighted by molar-refractivity contribution is -0.883. The number of aryl methyl sites for hydroxylation is 1. The number of thiocarbonyl (C=S) groups is 1. The minimum absolute atomic E-state index is 0.860. The van der Waals surface area contributed by atoms with Crippen molar-refractivity contribution >= 4 is 23.0 Å². The lowest BCUT2D eigenvalue weighted by Crippen LogP contribution is -3.12. The van der Waals surface area contributed by atoms with Crippen molar-refractivity contribution in [1.82, 2.24) is 4.90 Å². The summed E-state index contributed by atoms with van der Waals surface area (Å²) in [7, 11) is 2.24. The van der Waals surface area contributed by atoms with Crippen molar-refractivity contribution in [3.05, 3.63) is 29.8 Å². The molecule has 0 radical (unpaired) electrons. The topological polar surface area (TPSA) is 19.7 Å². The molecule has 20 heavy (non-hydrogen) atoms. The minimum atomic E-state index is 0.860. The number of hydrogen-bond donors (Lipinski definition) is 2. The number of benzene rings is 1. The van der Waals surface area contributed by atoms with E-state index in [1.807, 2.05) is 0 Å².